The van der Waals surface area contributed by atoms with Gasteiger partial charge in [-0.1, -0.05) is 17.7 Å². The number of carbonyl (C=O) groups excluding carboxylic acids is 2. The molecule has 160 valence electrons. The first-order chi connectivity index (χ1) is 13.9. The van der Waals surface area contributed by atoms with Crippen LogP contribution in [-0.4, -0.2) is 49.3 Å². The summed E-state index contributed by atoms with van der Waals surface area (Å²) in [6.07, 6.45) is 5.16. The molecule has 0 aliphatic carbocycles. The molecule has 2 heterocycles. The zero-order valence-corrected chi connectivity index (χ0v) is 18.1. The van der Waals surface area contributed by atoms with E-state index in [1.807, 2.05) is 26.0 Å². The number of urea groups is 1. The molecule has 0 radical (unpaired) electrons. The smallest absolute Gasteiger partial charge is 0.321 e. The van der Waals surface area contributed by atoms with Crippen LogP contribution in [0.1, 0.15) is 51.0 Å². The van der Waals surface area contributed by atoms with Crippen molar-refractivity contribution in [1.82, 2.24) is 4.90 Å². The molecule has 1 aromatic rings. The highest BCUT2D eigenvalue weighted by atomic mass is 35.5. The summed E-state index contributed by atoms with van der Waals surface area (Å²) in [6.45, 7) is 5.90. The zero-order valence-electron chi connectivity index (χ0n) is 17.3. The first-order valence-corrected chi connectivity index (χ1v) is 10.9. The summed E-state index contributed by atoms with van der Waals surface area (Å²) < 4.78 is 11.3. The van der Waals surface area contributed by atoms with Gasteiger partial charge in [0.1, 0.15) is 0 Å². The molecule has 1 N–H and O–H groups in total. The van der Waals surface area contributed by atoms with Crippen LogP contribution in [0.3, 0.4) is 0 Å². The molecule has 2 amide bonds. The summed E-state index contributed by atoms with van der Waals surface area (Å²) in [7, 11) is 0. The minimum Gasteiger partial charge on any atom is -0.466 e. The van der Waals surface area contributed by atoms with Crippen LogP contribution in [0.5, 0.6) is 0 Å². The lowest BCUT2D eigenvalue weighted by molar-refractivity contribution is -0.162. The Kier molecular flexibility index (Phi) is 7.41. The molecule has 0 saturated carbocycles. The molecule has 0 aromatic heterocycles. The number of ether oxygens (including phenoxy) is 2. The summed E-state index contributed by atoms with van der Waals surface area (Å²) in [5, 5.41) is 3.53. The number of amides is 2. The van der Waals surface area contributed by atoms with Crippen molar-refractivity contribution in [2.75, 3.05) is 31.6 Å². The van der Waals surface area contributed by atoms with Gasteiger partial charge in [0.15, 0.2) is 0 Å². The fourth-order valence-electron chi connectivity index (χ4n) is 4.19. The molecule has 1 atom stereocenters. The topological polar surface area (TPSA) is 67.9 Å². The number of piperidine rings is 1. The fourth-order valence-corrected chi connectivity index (χ4v) is 4.37. The quantitative estimate of drug-likeness (QED) is 0.693. The van der Waals surface area contributed by atoms with E-state index in [4.69, 9.17) is 21.1 Å². The van der Waals surface area contributed by atoms with Crippen LogP contribution < -0.4 is 5.32 Å². The minimum atomic E-state index is -0.567. The summed E-state index contributed by atoms with van der Waals surface area (Å²) in [6, 6.07) is 5.30. The Bertz CT molecular complexity index is 726. The summed E-state index contributed by atoms with van der Waals surface area (Å²) in [5.41, 5.74) is 1.07. The Balaban J connectivity index is 1.62. The number of anilines is 1. The first-order valence-electron chi connectivity index (χ1n) is 10.5. The number of halogens is 1. The monoisotopic (exact) mass is 422 g/mol. The van der Waals surface area contributed by atoms with E-state index < -0.39 is 5.41 Å². The van der Waals surface area contributed by atoms with E-state index in [1.165, 1.54) is 0 Å². The van der Waals surface area contributed by atoms with Gasteiger partial charge in [-0.3, -0.25) is 4.79 Å². The number of nitrogens with zero attached hydrogens (tertiary/aromatic N) is 1. The lowest BCUT2D eigenvalue weighted by Crippen LogP contribution is -2.49. The van der Waals surface area contributed by atoms with Gasteiger partial charge < -0.3 is 19.7 Å². The Morgan fingerprint density at radius 3 is 2.69 bits per heavy atom. The molecule has 2 saturated heterocycles. The number of aryl methyl sites for hydroxylation is 1. The highest BCUT2D eigenvalue weighted by Gasteiger charge is 2.45. The van der Waals surface area contributed by atoms with E-state index in [-0.39, 0.29) is 18.1 Å². The van der Waals surface area contributed by atoms with Crippen molar-refractivity contribution in [2.24, 2.45) is 5.41 Å². The fraction of sp³-hybridized carbons (Fsp3) is 0.636. The zero-order chi connectivity index (χ0) is 20.9. The van der Waals surface area contributed by atoms with E-state index in [0.29, 0.717) is 49.7 Å². The first kappa shape index (κ1) is 21.9. The van der Waals surface area contributed by atoms with Gasteiger partial charge in [-0.2, -0.15) is 0 Å². The van der Waals surface area contributed by atoms with Gasteiger partial charge in [0.05, 0.1) is 18.1 Å². The molecule has 2 aliphatic rings. The molecule has 29 heavy (non-hydrogen) atoms. The van der Waals surface area contributed by atoms with Gasteiger partial charge in [-0.05, 0) is 70.1 Å². The number of carbonyl (C=O) groups is 2. The average Bonchev–Trinajstić information content (AvgIpc) is 2.72. The second kappa shape index (κ2) is 9.81. The molecule has 1 unspecified atom stereocenters. The van der Waals surface area contributed by atoms with E-state index in [1.54, 1.807) is 11.0 Å². The maximum absolute atomic E-state index is 12.8. The van der Waals surface area contributed by atoms with Crippen molar-refractivity contribution in [3.05, 3.63) is 28.8 Å². The van der Waals surface area contributed by atoms with Crippen molar-refractivity contribution in [3.8, 4) is 0 Å². The van der Waals surface area contributed by atoms with Crippen molar-refractivity contribution in [2.45, 2.75) is 58.5 Å². The standard InChI is InChI=1S/C22H31ClN2O4/c1-3-28-20(26)22(15-18-6-4-5-13-29-18)9-11-25(12-10-22)21(27)24-17-8-7-16(2)19(23)14-17/h7-8,14,18H,3-6,9-13,15H2,1-2H3,(H,24,27). The normalized spacial score (nSPS) is 21.5. The van der Waals surface area contributed by atoms with Crippen LogP contribution in [-0.2, 0) is 14.3 Å². The Labute approximate surface area is 177 Å². The Morgan fingerprint density at radius 1 is 1.31 bits per heavy atom. The van der Waals surface area contributed by atoms with Gasteiger partial charge in [-0.15, -0.1) is 0 Å². The molecule has 7 heteroatoms. The van der Waals surface area contributed by atoms with Crippen LogP contribution in [0, 0.1) is 12.3 Å². The number of likely N-dealkylation sites (tertiary alicyclic amines) is 1. The average molecular weight is 423 g/mol. The summed E-state index contributed by atoms with van der Waals surface area (Å²) in [5.74, 6) is -0.153. The lowest BCUT2D eigenvalue weighted by atomic mass is 9.73. The molecule has 0 bridgehead atoms. The van der Waals surface area contributed by atoms with E-state index in [2.05, 4.69) is 5.32 Å². The van der Waals surface area contributed by atoms with Gasteiger partial charge in [0.25, 0.3) is 0 Å². The second-order valence-corrected chi connectivity index (χ2v) is 8.48. The molecule has 6 nitrogen and oxygen atoms in total. The predicted octanol–water partition coefficient (Wildman–Crippen LogP) is 4.78. The van der Waals surface area contributed by atoms with Crippen molar-refractivity contribution >= 4 is 29.3 Å². The van der Waals surface area contributed by atoms with Gasteiger partial charge in [0.2, 0.25) is 0 Å². The maximum atomic E-state index is 12.8. The van der Waals surface area contributed by atoms with Crippen molar-refractivity contribution < 1.29 is 19.1 Å². The van der Waals surface area contributed by atoms with E-state index in [9.17, 15) is 9.59 Å². The number of hydrogen-bond donors (Lipinski definition) is 1. The maximum Gasteiger partial charge on any atom is 0.321 e. The molecular formula is C22H31ClN2O4. The predicted molar refractivity (Wildman–Crippen MR) is 113 cm³/mol. The van der Waals surface area contributed by atoms with Crippen LogP contribution in [0.2, 0.25) is 5.02 Å². The molecule has 2 aliphatic heterocycles. The number of nitrogens with one attached hydrogen (secondary N) is 1. The lowest BCUT2D eigenvalue weighted by Gasteiger charge is -2.42. The SMILES string of the molecule is CCOC(=O)C1(CC2CCCCO2)CCN(C(=O)Nc2ccc(C)c(Cl)c2)CC1. The summed E-state index contributed by atoms with van der Waals surface area (Å²) in [4.78, 5) is 27.3. The largest absolute Gasteiger partial charge is 0.466 e. The number of hydrogen-bond acceptors (Lipinski definition) is 4. The van der Waals surface area contributed by atoms with Crippen LogP contribution >= 0.6 is 11.6 Å². The van der Waals surface area contributed by atoms with Crippen LogP contribution in [0.25, 0.3) is 0 Å². The minimum absolute atomic E-state index is 0.100. The van der Waals surface area contributed by atoms with Crippen molar-refractivity contribution in [3.63, 3.8) is 0 Å². The third-order valence-corrected chi connectivity index (χ3v) is 6.44. The molecule has 2 fully saturated rings. The molecular weight excluding hydrogens is 392 g/mol. The van der Waals surface area contributed by atoms with E-state index in [0.717, 1.165) is 31.4 Å². The highest BCUT2D eigenvalue weighted by molar-refractivity contribution is 6.31. The van der Waals surface area contributed by atoms with Gasteiger partial charge >= 0.3 is 12.0 Å². The number of benzene rings is 1. The summed E-state index contributed by atoms with van der Waals surface area (Å²) >= 11 is 6.15. The molecule has 0 spiro atoms. The molecule has 3 rings (SSSR count). The van der Waals surface area contributed by atoms with Crippen LogP contribution in [0.4, 0.5) is 10.5 Å². The Hall–Kier alpha value is -1.79. The van der Waals surface area contributed by atoms with E-state index >= 15 is 0 Å². The Morgan fingerprint density at radius 2 is 2.07 bits per heavy atom. The van der Waals surface area contributed by atoms with Gasteiger partial charge in [0, 0.05) is 30.4 Å². The van der Waals surface area contributed by atoms with Crippen LogP contribution in [0.15, 0.2) is 18.2 Å². The third kappa shape index (κ3) is 5.43. The second-order valence-electron chi connectivity index (χ2n) is 8.07. The highest BCUT2D eigenvalue weighted by Crippen LogP contribution is 2.40. The molecule has 1 aromatic carbocycles. The third-order valence-electron chi connectivity index (χ3n) is 6.03. The van der Waals surface area contributed by atoms with Crippen molar-refractivity contribution in [1.29, 1.82) is 0 Å². The number of esters is 1. The number of rotatable bonds is 5. The van der Waals surface area contributed by atoms with Gasteiger partial charge in [-0.25, -0.2) is 4.79 Å².